The zero-order valence-electron chi connectivity index (χ0n) is 6.55. The Kier molecular flexibility index (Phi) is 3.96. The lowest BCUT2D eigenvalue weighted by atomic mass is 9.98. The van der Waals surface area contributed by atoms with Crippen LogP contribution in [0.4, 0.5) is 0 Å². The number of terminal acetylenes is 1. The van der Waals surface area contributed by atoms with Gasteiger partial charge in [-0.3, -0.25) is 0 Å². The molecule has 0 heterocycles. The first-order valence-electron chi connectivity index (χ1n) is 4.03. The van der Waals surface area contributed by atoms with Crippen LogP contribution in [0.1, 0.15) is 25.7 Å². The van der Waals surface area contributed by atoms with Gasteiger partial charge in [-0.1, -0.05) is 34.7 Å². The normalized spacial score (nSPS) is 31.3. The highest BCUT2D eigenvalue weighted by Gasteiger charge is 2.22. The van der Waals surface area contributed by atoms with Crippen LogP contribution >= 0.6 is 15.9 Å². The van der Waals surface area contributed by atoms with Crippen LogP contribution in [0.15, 0.2) is 0 Å². The third-order valence-corrected chi connectivity index (χ3v) is 3.05. The van der Waals surface area contributed by atoms with Crippen molar-refractivity contribution in [3.05, 3.63) is 0 Å². The van der Waals surface area contributed by atoms with E-state index in [0.717, 1.165) is 6.42 Å². The highest BCUT2D eigenvalue weighted by atomic mass is 79.9. The topological polar surface area (TPSA) is 9.23 Å². The Balaban J connectivity index is 2.25. The maximum atomic E-state index is 5.46. The number of rotatable bonds is 2. The number of hydrogen-bond donors (Lipinski definition) is 0. The molecule has 0 N–H and O–H groups in total. The summed E-state index contributed by atoms with van der Waals surface area (Å²) in [4.78, 5) is 0.518. The lowest BCUT2D eigenvalue weighted by molar-refractivity contribution is 0.0563. The summed E-state index contributed by atoms with van der Waals surface area (Å²) in [6, 6.07) is 0. The predicted octanol–water partition coefficient (Wildman–Crippen LogP) is 2.34. The molecule has 1 aliphatic rings. The molecule has 0 saturated heterocycles. The summed E-state index contributed by atoms with van der Waals surface area (Å²) in [7, 11) is 0. The minimum absolute atomic E-state index is 0.347. The first-order valence-corrected chi connectivity index (χ1v) is 4.95. The molecular formula is C9H13BrO. The molecule has 1 saturated carbocycles. The average Bonchev–Trinajstić information content (AvgIpc) is 2.03. The first-order chi connectivity index (χ1) is 5.34. The van der Waals surface area contributed by atoms with Crippen molar-refractivity contribution in [3.63, 3.8) is 0 Å². The maximum Gasteiger partial charge on any atom is 0.107 e. The van der Waals surface area contributed by atoms with E-state index in [9.17, 15) is 0 Å². The number of alkyl halides is 1. The Morgan fingerprint density at radius 3 is 2.82 bits per heavy atom. The van der Waals surface area contributed by atoms with Gasteiger partial charge < -0.3 is 4.74 Å². The fourth-order valence-corrected chi connectivity index (χ4v) is 2.14. The summed E-state index contributed by atoms with van der Waals surface area (Å²) in [6.45, 7) is 0.451. The molecule has 2 unspecified atom stereocenters. The standard InChI is InChI=1S/C9H13BrO/c1-2-7-11-9-6-4-3-5-8(9)10/h1,8-9H,3-7H2. The van der Waals surface area contributed by atoms with Crippen LogP contribution in [-0.2, 0) is 4.74 Å². The second-order valence-corrected chi connectivity index (χ2v) is 4.03. The molecule has 0 amide bonds. The summed E-state index contributed by atoms with van der Waals surface area (Å²) < 4.78 is 5.46. The molecule has 1 aliphatic carbocycles. The van der Waals surface area contributed by atoms with E-state index in [-0.39, 0.29) is 0 Å². The monoisotopic (exact) mass is 216 g/mol. The van der Waals surface area contributed by atoms with Gasteiger partial charge in [-0.25, -0.2) is 0 Å². The SMILES string of the molecule is C#CCOC1CCCCC1Br. The second-order valence-electron chi connectivity index (χ2n) is 2.85. The zero-order valence-corrected chi connectivity index (χ0v) is 8.14. The van der Waals surface area contributed by atoms with Crippen LogP contribution in [0.5, 0.6) is 0 Å². The molecule has 0 spiro atoms. The molecule has 2 atom stereocenters. The number of ether oxygens (including phenoxy) is 1. The van der Waals surface area contributed by atoms with Crippen LogP contribution < -0.4 is 0 Å². The molecule has 0 aromatic rings. The Bertz CT molecular complexity index is 150. The van der Waals surface area contributed by atoms with E-state index in [4.69, 9.17) is 11.2 Å². The van der Waals surface area contributed by atoms with E-state index in [1.165, 1.54) is 19.3 Å². The van der Waals surface area contributed by atoms with E-state index >= 15 is 0 Å². The molecule has 1 rings (SSSR count). The minimum Gasteiger partial charge on any atom is -0.364 e. The van der Waals surface area contributed by atoms with Crippen molar-refractivity contribution in [2.45, 2.75) is 36.6 Å². The Morgan fingerprint density at radius 1 is 1.45 bits per heavy atom. The molecular weight excluding hydrogens is 204 g/mol. The van der Waals surface area contributed by atoms with Crippen molar-refractivity contribution in [2.75, 3.05) is 6.61 Å². The lowest BCUT2D eigenvalue weighted by Crippen LogP contribution is -2.27. The van der Waals surface area contributed by atoms with E-state index in [1.54, 1.807) is 0 Å². The molecule has 0 aromatic heterocycles. The van der Waals surface area contributed by atoms with Crippen LogP contribution in [-0.4, -0.2) is 17.5 Å². The second kappa shape index (κ2) is 4.79. The fourth-order valence-electron chi connectivity index (χ4n) is 1.39. The highest BCUT2D eigenvalue weighted by molar-refractivity contribution is 9.09. The Hall–Kier alpha value is 0. The summed E-state index contributed by atoms with van der Waals surface area (Å²) in [6.07, 6.45) is 10.4. The number of hydrogen-bond acceptors (Lipinski definition) is 1. The van der Waals surface area contributed by atoms with Gasteiger partial charge in [0.2, 0.25) is 0 Å². The third kappa shape index (κ3) is 2.84. The molecule has 1 nitrogen and oxygen atoms in total. The van der Waals surface area contributed by atoms with Crippen molar-refractivity contribution < 1.29 is 4.74 Å². The average molecular weight is 217 g/mol. The molecule has 1 fully saturated rings. The summed E-state index contributed by atoms with van der Waals surface area (Å²) in [5, 5.41) is 0. The van der Waals surface area contributed by atoms with Crippen LogP contribution in [0, 0.1) is 12.3 Å². The van der Waals surface area contributed by atoms with Gasteiger partial charge >= 0.3 is 0 Å². The third-order valence-electron chi connectivity index (χ3n) is 2.00. The van der Waals surface area contributed by atoms with Gasteiger partial charge in [-0.2, -0.15) is 0 Å². The zero-order chi connectivity index (χ0) is 8.10. The summed E-state index contributed by atoms with van der Waals surface area (Å²) in [5.41, 5.74) is 0. The van der Waals surface area contributed by atoms with E-state index in [2.05, 4.69) is 21.9 Å². The molecule has 11 heavy (non-hydrogen) atoms. The van der Waals surface area contributed by atoms with Crippen LogP contribution in [0.2, 0.25) is 0 Å². The summed E-state index contributed by atoms with van der Waals surface area (Å²) in [5.74, 6) is 2.49. The summed E-state index contributed by atoms with van der Waals surface area (Å²) >= 11 is 3.59. The Labute approximate surface area is 76.6 Å². The van der Waals surface area contributed by atoms with Gasteiger partial charge in [-0.15, -0.1) is 6.42 Å². The van der Waals surface area contributed by atoms with Crippen molar-refractivity contribution >= 4 is 15.9 Å². The lowest BCUT2D eigenvalue weighted by Gasteiger charge is -2.26. The van der Waals surface area contributed by atoms with Gasteiger partial charge in [0.05, 0.1) is 6.10 Å². The molecule has 0 aliphatic heterocycles. The van der Waals surface area contributed by atoms with E-state index < -0.39 is 0 Å². The predicted molar refractivity (Wildman–Crippen MR) is 49.8 cm³/mol. The quantitative estimate of drug-likeness (QED) is 0.509. The Morgan fingerprint density at radius 2 is 2.18 bits per heavy atom. The van der Waals surface area contributed by atoms with Crippen molar-refractivity contribution in [1.82, 2.24) is 0 Å². The van der Waals surface area contributed by atoms with Crippen LogP contribution in [0.25, 0.3) is 0 Å². The van der Waals surface area contributed by atoms with Crippen molar-refractivity contribution in [2.24, 2.45) is 0 Å². The molecule has 0 radical (unpaired) electrons. The highest BCUT2D eigenvalue weighted by Crippen LogP contribution is 2.26. The van der Waals surface area contributed by atoms with Gasteiger partial charge in [0.1, 0.15) is 6.61 Å². The van der Waals surface area contributed by atoms with Gasteiger partial charge in [0, 0.05) is 4.83 Å². The van der Waals surface area contributed by atoms with Crippen LogP contribution in [0.3, 0.4) is 0 Å². The van der Waals surface area contributed by atoms with Crippen molar-refractivity contribution in [3.8, 4) is 12.3 Å². The van der Waals surface area contributed by atoms with E-state index in [1.807, 2.05) is 0 Å². The minimum atomic E-state index is 0.347. The van der Waals surface area contributed by atoms with Crippen molar-refractivity contribution in [1.29, 1.82) is 0 Å². The molecule has 62 valence electrons. The fraction of sp³-hybridized carbons (Fsp3) is 0.778. The molecule has 2 heteroatoms. The van der Waals surface area contributed by atoms with Gasteiger partial charge in [0.25, 0.3) is 0 Å². The number of halogens is 1. The smallest absolute Gasteiger partial charge is 0.107 e. The van der Waals surface area contributed by atoms with Gasteiger partial charge in [0.15, 0.2) is 0 Å². The first kappa shape index (κ1) is 9.09. The maximum absolute atomic E-state index is 5.46. The van der Waals surface area contributed by atoms with Gasteiger partial charge in [-0.05, 0) is 12.8 Å². The van der Waals surface area contributed by atoms with E-state index in [0.29, 0.717) is 17.5 Å². The largest absolute Gasteiger partial charge is 0.364 e. The molecule has 0 aromatic carbocycles. The molecule has 0 bridgehead atoms.